The summed E-state index contributed by atoms with van der Waals surface area (Å²) < 4.78 is 0. The maximum absolute atomic E-state index is 12.6. The van der Waals surface area contributed by atoms with E-state index in [1.54, 1.807) is 24.8 Å². The molecule has 1 aromatic rings. The standard InChI is InChI=1S/C16H20N2O4/c1-9-7-10(2)17-13(19)12(9)14(20)18-5-3-16(4-6-18)8-11(16)15(21)22/h7,11H,3-6,8H2,1-2H3,(H,17,19)(H,21,22). The van der Waals surface area contributed by atoms with E-state index in [4.69, 9.17) is 5.11 Å². The van der Waals surface area contributed by atoms with Gasteiger partial charge in [-0.05, 0) is 50.2 Å². The molecule has 2 fully saturated rings. The van der Waals surface area contributed by atoms with Crippen LogP contribution in [-0.2, 0) is 4.79 Å². The molecule has 1 unspecified atom stereocenters. The molecule has 1 saturated carbocycles. The van der Waals surface area contributed by atoms with Crippen molar-refractivity contribution in [3.05, 3.63) is 33.2 Å². The number of aromatic amines is 1. The van der Waals surface area contributed by atoms with Gasteiger partial charge in [0.05, 0.1) is 5.92 Å². The van der Waals surface area contributed by atoms with Gasteiger partial charge in [-0.3, -0.25) is 14.4 Å². The lowest BCUT2D eigenvalue weighted by atomic mass is 9.90. The number of carboxylic acid groups (broad SMARTS) is 1. The van der Waals surface area contributed by atoms with Crippen molar-refractivity contribution in [2.24, 2.45) is 11.3 Å². The Morgan fingerprint density at radius 1 is 1.32 bits per heavy atom. The molecule has 22 heavy (non-hydrogen) atoms. The van der Waals surface area contributed by atoms with E-state index in [0.29, 0.717) is 37.9 Å². The normalized spacial score (nSPS) is 22.6. The number of rotatable bonds is 2. The summed E-state index contributed by atoms with van der Waals surface area (Å²) in [5.74, 6) is -1.24. The number of nitrogens with zero attached hydrogens (tertiary/aromatic N) is 1. The van der Waals surface area contributed by atoms with Gasteiger partial charge in [0, 0.05) is 18.8 Å². The van der Waals surface area contributed by atoms with Crippen molar-refractivity contribution in [1.29, 1.82) is 0 Å². The molecule has 2 heterocycles. The van der Waals surface area contributed by atoms with Crippen molar-refractivity contribution in [1.82, 2.24) is 9.88 Å². The van der Waals surface area contributed by atoms with Gasteiger partial charge in [0.15, 0.2) is 0 Å². The molecule has 1 saturated heterocycles. The summed E-state index contributed by atoms with van der Waals surface area (Å²) in [6.07, 6.45) is 2.13. The molecule has 0 aromatic carbocycles. The van der Waals surface area contributed by atoms with E-state index in [2.05, 4.69) is 4.98 Å². The Kier molecular flexibility index (Phi) is 3.34. The number of hydrogen-bond acceptors (Lipinski definition) is 3. The molecule has 1 amide bonds. The summed E-state index contributed by atoms with van der Waals surface area (Å²) in [5, 5.41) is 9.10. The zero-order chi connectivity index (χ0) is 16.1. The fraction of sp³-hybridized carbons (Fsp3) is 0.562. The molecule has 1 aliphatic carbocycles. The van der Waals surface area contributed by atoms with Gasteiger partial charge < -0.3 is 15.0 Å². The van der Waals surface area contributed by atoms with Crippen molar-refractivity contribution in [3.63, 3.8) is 0 Å². The molecule has 6 nitrogen and oxygen atoms in total. The first-order valence-corrected chi connectivity index (χ1v) is 7.57. The number of aryl methyl sites for hydroxylation is 2. The van der Waals surface area contributed by atoms with Crippen LogP contribution in [0.15, 0.2) is 10.9 Å². The molecular formula is C16H20N2O4. The molecule has 2 aliphatic rings. The number of likely N-dealkylation sites (tertiary alicyclic amines) is 1. The second-order valence-corrected chi connectivity index (χ2v) is 6.59. The van der Waals surface area contributed by atoms with Crippen LogP contribution in [0.4, 0.5) is 0 Å². The fourth-order valence-electron chi connectivity index (χ4n) is 3.68. The van der Waals surface area contributed by atoms with Gasteiger partial charge in [-0.1, -0.05) is 0 Å². The average molecular weight is 304 g/mol. The van der Waals surface area contributed by atoms with Crippen molar-refractivity contribution in [3.8, 4) is 0 Å². The van der Waals surface area contributed by atoms with E-state index in [1.165, 1.54) is 0 Å². The number of pyridine rings is 1. The van der Waals surface area contributed by atoms with Crippen LogP contribution >= 0.6 is 0 Å². The number of hydrogen-bond donors (Lipinski definition) is 2. The van der Waals surface area contributed by atoms with Gasteiger partial charge in [0.2, 0.25) is 0 Å². The molecule has 1 atom stereocenters. The minimum Gasteiger partial charge on any atom is -0.481 e. The zero-order valence-corrected chi connectivity index (χ0v) is 12.8. The summed E-state index contributed by atoms with van der Waals surface area (Å²) in [5.41, 5.74) is 1.15. The lowest BCUT2D eigenvalue weighted by Crippen LogP contribution is -2.42. The minimum atomic E-state index is -0.731. The molecule has 1 aliphatic heterocycles. The summed E-state index contributed by atoms with van der Waals surface area (Å²) in [6, 6.07) is 1.79. The van der Waals surface area contributed by atoms with Crippen LogP contribution in [0.1, 0.15) is 40.9 Å². The number of amides is 1. The minimum absolute atomic E-state index is 0.114. The van der Waals surface area contributed by atoms with Crippen LogP contribution in [0.5, 0.6) is 0 Å². The number of carbonyl (C=O) groups is 2. The topological polar surface area (TPSA) is 90.5 Å². The first kappa shape index (κ1) is 14.8. The highest BCUT2D eigenvalue weighted by Gasteiger charge is 2.59. The van der Waals surface area contributed by atoms with E-state index in [9.17, 15) is 14.4 Å². The van der Waals surface area contributed by atoms with Crippen LogP contribution in [0.2, 0.25) is 0 Å². The smallest absolute Gasteiger partial charge is 0.307 e. The predicted molar refractivity (Wildman–Crippen MR) is 79.9 cm³/mol. The first-order valence-electron chi connectivity index (χ1n) is 7.57. The lowest BCUT2D eigenvalue weighted by Gasteiger charge is -2.32. The van der Waals surface area contributed by atoms with Crippen LogP contribution in [0.3, 0.4) is 0 Å². The second-order valence-electron chi connectivity index (χ2n) is 6.59. The van der Waals surface area contributed by atoms with Gasteiger partial charge in [-0.2, -0.15) is 0 Å². The van der Waals surface area contributed by atoms with E-state index in [0.717, 1.165) is 5.69 Å². The summed E-state index contributed by atoms with van der Waals surface area (Å²) >= 11 is 0. The molecule has 3 rings (SSSR count). The lowest BCUT2D eigenvalue weighted by molar-refractivity contribution is -0.139. The largest absolute Gasteiger partial charge is 0.481 e. The number of carbonyl (C=O) groups excluding carboxylic acids is 1. The highest BCUT2D eigenvalue weighted by molar-refractivity contribution is 5.95. The number of aliphatic carboxylic acids is 1. The monoisotopic (exact) mass is 304 g/mol. The average Bonchev–Trinajstić information content (AvgIpc) is 3.12. The van der Waals surface area contributed by atoms with Gasteiger partial charge in [-0.25, -0.2) is 0 Å². The van der Waals surface area contributed by atoms with Crippen LogP contribution in [-0.4, -0.2) is 40.0 Å². The maximum atomic E-state index is 12.6. The van der Waals surface area contributed by atoms with E-state index >= 15 is 0 Å². The van der Waals surface area contributed by atoms with E-state index in [-0.39, 0.29) is 28.4 Å². The quantitative estimate of drug-likeness (QED) is 0.862. The molecule has 1 aromatic heterocycles. The number of carboxylic acids is 1. The summed E-state index contributed by atoms with van der Waals surface area (Å²) in [4.78, 5) is 40.0. The summed E-state index contributed by atoms with van der Waals surface area (Å²) in [6.45, 7) is 4.60. The molecule has 0 bridgehead atoms. The molecule has 1 spiro atoms. The van der Waals surface area contributed by atoms with E-state index in [1.807, 2.05) is 0 Å². The fourth-order valence-corrected chi connectivity index (χ4v) is 3.68. The van der Waals surface area contributed by atoms with Crippen LogP contribution in [0, 0.1) is 25.2 Å². The Labute approximate surface area is 128 Å². The summed E-state index contributed by atoms with van der Waals surface area (Å²) in [7, 11) is 0. The highest BCUT2D eigenvalue weighted by atomic mass is 16.4. The van der Waals surface area contributed by atoms with Gasteiger partial charge in [-0.15, -0.1) is 0 Å². The third kappa shape index (κ3) is 2.32. The first-order chi connectivity index (χ1) is 10.3. The highest BCUT2D eigenvalue weighted by Crippen LogP contribution is 2.59. The second kappa shape index (κ2) is 4.97. The number of piperidine rings is 1. The van der Waals surface area contributed by atoms with Crippen molar-refractivity contribution in [2.75, 3.05) is 13.1 Å². The number of H-pyrrole nitrogens is 1. The van der Waals surface area contributed by atoms with Crippen molar-refractivity contribution >= 4 is 11.9 Å². The van der Waals surface area contributed by atoms with Gasteiger partial charge >= 0.3 is 5.97 Å². The van der Waals surface area contributed by atoms with Crippen LogP contribution < -0.4 is 5.56 Å². The third-order valence-corrected chi connectivity index (χ3v) is 5.11. The Balaban J connectivity index is 1.74. The van der Waals surface area contributed by atoms with Gasteiger partial charge in [0.25, 0.3) is 11.5 Å². The molecule has 2 N–H and O–H groups in total. The van der Waals surface area contributed by atoms with Crippen molar-refractivity contribution < 1.29 is 14.7 Å². The maximum Gasteiger partial charge on any atom is 0.307 e. The Hall–Kier alpha value is -2.11. The zero-order valence-electron chi connectivity index (χ0n) is 12.8. The van der Waals surface area contributed by atoms with E-state index < -0.39 is 5.97 Å². The molecular weight excluding hydrogens is 284 g/mol. The predicted octanol–water partition coefficient (Wildman–Crippen LogP) is 1.32. The van der Waals surface area contributed by atoms with Crippen LogP contribution in [0.25, 0.3) is 0 Å². The SMILES string of the molecule is Cc1cc(C)c(C(=O)N2CCC3(CC2)CC3C(=O)O)c(=O)[nH]1. The molecule has 0 radical (unpaired) electrons. The number of aromatic nitrogens is 1. The Bertz CT molecular complexity index is 699. The van der Waals surface area contributed by atoms with Crippen molar-refractivity contribution in [2.45, 2.75) is 33.1 Å². The third-order valence-electron chi connectivity index (χ3n) is 5.11. The molecule has 118 valence electrons. The molecule has 6 heteroatoms. The Morgan fingerprint density at radius 2 is 1.95 bits per heavy atom. The van der Waals surface area contributed by atoms with Gasteiger partial charge in [0.1, 0.15) is 5.56 Å². The Morgan fingerprint density at radius 3 is 2.45 bits per heavy atom. The number of nitrogens with one attached hydrogen (secondary N) is 1.